The van der Waals surface area contributed by atoms with E-state index in [4.69, 9.17) is 0 Å². The van der Waals surface area contributed by atoms with Crippen LogP contribution in [0.25, 0.3) is 0 Å². The number of hydrogen-bond acceptors (Lipinski definition) is 1. The van der Waals surface area contributed by atoms with E-state index >= 15 is 0 Å². The van der Waals surface area contributed by atoms with Crippen LogP contribution in [0, 0.1) is 0 Å². The number of nitrogens with zero attached hydrogens (tertiary/aromatic N) is 1. The van der Waals surface area contributed by atoms with Crippen molar-refractivity contribution in [3.63, 3.8) is 0 Å². The molecule has 0 saturated heterocycles. The van der Waals surface area contributed by atoms with Gasteiger partial charge in [-0.2, -0.15) is 0 Å². The fraction of sp³-hybridized carbons (Fsp3) is 0.231. The average molecular weight is 227 g/mol. The molecule has 0 bridgehead atoms. The minimum absolute atomic E-state index is 1.05. The van der Waals surface area contributed by atoms with E-state index in [0.29, 0.717) is 0 Å². The van der Waals surface area contributed by atoms with Crippen LogP contribution in [0.2, 0.25) is 18.1 Å². The predicted molar refractivity (Wildman–Crippen MR) is 76.0 cm³/mol. The summed E-state index contributed by atoms with van der Waals surface area (Å²) in [5, 5.41) is 1.37. The second-order valence-corrected chi connectivity index (χ2v) is 8.36. The minimum atomic E-state index is -1.59. The van der Waals surface area contributed by atoms with Gasteiger partial charge in [-0.25, -0.2) is 0 Å². The van der Waals surface area contributed by atoms with Gasteiger partial charge < -0.3 is 0 Å². The van der Waals surface area contributed by atoms with E-state index < -0.39 is 8.07 Å². The molecule has 1 aromatic heterocycles. The molecule has 1 aromatic rings. The third-order valence-corrected chi connectivity index (χ3v) is 7.61. The molecule has 0 fully saturated rings. The van der Waals surface area contributed by atoms with E-state index in [-0.39, 0.29) is 0 Å². The Morgan fingerprint density at radius 3 is 2.06 bits per heavy atom. The van der Waals surface area contributed by atoms with Gasteiger partial charge >= 0.3 is 99.5 Å². The number of rotatable bonds is 7. The van der Waals surface area contributed by atoms with Gasteiger partial charge in [-0.1, -0.05) is 0 Å². The molecule has 0 spiro atoms. The molecule has 0 aliphatic rings. The SMILES string of the molecule is C=CC[Si](CC=C)(CC=C)c1bccnc1. The summed E-state index contributed by atoms with van der Waals surface area (Å²) in [5.74, 6) is 2.01. The Labute approximate surface area is 99.8 Å². The Kier molecular flexibility index (Phi) is 5.13. The number of aromatic nitrogens is 1. The van der Waals surface area contributed by atoms with Gasteiger partial charge in [0.15, 0.2) is 0 Å². The van der Waals surface area contributed by atoms with Crippen molar-refractivity contribution in [1.82, 2.24) is 4.98 Å². The fourth-order valence-corrected chi connectivity index (χ4v) is 5.77. The summed E-state index contributed by atoms with van der Waals surface area (Å²) in [7, 11) is -1.59. The standard InChI is InChI=1S/C13H18BNSi/c1-4-9-16(10-5-2,11-6-3)13-12-15-8-7-14-13/h4-8,12H,1-3,9-11H2. The molecule has 82 valence electrons. The Bertz CT molecular complexity index is 335. The van der Waals surface area contributed by atoms with Gasteiger partial charge in [-0.05, 0) is 0 Å². The molecule has 0 saturated carbocycles. The van der Waals surface area contributed by atoms with Crippen LogP contribution in [0.5, 0.6) is 0 Å². The van der Waals surface area contributed by atoms with Gasteiger partial charge in [0, 0.05) is 0 Å². The van der Waals surface area contributed by atoms with Crippen LogP contribution in [0.15, 0.2) is 56.3 Å². The first kappa shape index (κ1) is 12.8. The van der Waals surface area contributed by atoms with Crippen molar-refractivity contribution in [2.45, 2.75) is 18.1 Å². The summed E-state index contributed by atoms with van der Waals surface area (Å²) >= 11 is 0. The Morgan fingerprint density at radius 1 is 1.12 bits per heavy atom. The first-order chi connectivity index (χ1) is 7.79. The maximum atomic E-state index is 4.23. The van der Waals surface area contributed by atoms with Crippen LogP contribution in [0.3, 0.4) is 0 Å². The Morgan fingerprint density at radius 2 is 1.69 bits per heavy atom. The number of hydrogen-bond donors (Lipinski definition) is 0. The van der Waals surface area contributed by atoms with E-state index in [9.17, 15) is 0 Å². The Balaban J connectivity index is 3.13. The molecular formula is C13H18BNSi. The molecular weight excluding hydrogens is 209 g/mol. The first-order valence-electron chi connectivity index (χ1n) is 5.52. The van der Waals surface area contributed by atoms with Crippen LogP contribution in [0.1, 0.15) is 0 Å². The van der Waals surface area contributed by atoms with Crippen molar-refractivity contribution in [1.29, 1.82) is 0 Å². The maximum absolute atomic E-state index is 4.23. The van der Waals surface area contributed by atoms with Crippen molar-refractivity contribution in [2.75, 3.05) is 0 Å². The van der Waals surface area contributed by atoms with Crippen LogP contribution < -0.4 is 5.08 Å². The third-order valence-electron chi connectivity index (χ3n) is 2.88. The summed E-state index contributed by atoms with van der Waals surface area (Å²) in [6.07, 6.45) is 9.87. The van der Waals surface area contributed by atoms with Crippen molar-refractivity contribution >= 4 is 20.1 Å². The van der Waals surface area contributed by atoms with E-state index in [0.717, 1.165) is 18.1 Å². The molecule has 1 rings (SSSR count). The van der Waals surface area contributed by atoms with Crippen molar-refractivity contribution in [2.24, 2.45) is 0 Å². The third kappa shape index (κ3) is 2.89. The molecule has 1 heterocycles. The molecule has 0 atom stereocenters. The molecule has 3 heteroatoms. The van der Waals surface area contributed by atoms with Crippen LogP contribution >= 0.6 is 0 Å². The van der Waals surface area contributed by atoms with Gasteiger partial charge in [0.1, 0.15) is 0 Å². The van der Waals surface area contributed by atoms with Crippen molar-refractivity contribution < 1.29 is 0 Å². The van der Waals surface area contributed by atoms with Crippen LogP contribution in [-0.4, -0.2) is 20.0 Å². The molecule has 16 heavy (non-hydrogen) atoms. The van der Waals surface area contributed by atoms with Gasteiger partial charge in [0.05, 0.1) is 0 Å². The summed E-state index contributed by atoms with van der Waals surface area (Å²) in [4.78, 5) is 4.23. The summed E-state index contributed by atoms with van der Waals surface area (Å²) < 4.78 is 0. The molecule has 0 aliphatic carbocycles. The summed E-state index contributed by atoms with van der Waals surface area (Å²) in [6, 6.07) is 3.16. The second-order valence-electron chi connectivity index (χ2n) is 4.00. The topological polar surface area (TPSA) is 12.9 Å². The van der Waals surface area contributed by atoms with E-state index in [1.807, 2.05) is 36.6 Å². The van der Waals surface area contributed by atoms with E-state index in [1.54, 1.807) is 0 Å². The predicted octanol–water partition coefficient (Wildman–Crippen LogP) is 2.63. The quantitative estimate of drug-likeness (QED) is 0.515. The number of allylic oxidation sites excluding steroid dienone is 3. The summed E-state index contributed by atoms with van der Waals surface area (Å²) in [6.45, 7) is 13.8. The van der Waals surface area contributed by atoms with Gasteiger partial charge in [-0.15, -0.1) is 0 Å². The first-order valence-corrected chi connectivity index (χ1v) is 8.14. The molecule has 0 aromatic carbocycles. The fourth-order valence-electron chi connectivity index (χ4n) is 2.11. The zero-order valence-electron chi connectivity index (χ0n) is 9.73. The van der Waals surface area contributed by atoms with Gasteiger partial charge in [-0.3, -0.25) is 0 Å². The van der Waals surface area contributed by atoms with Crippen molar-refractivity contribution in [3.05, 3.63) is 56.3 Å². The molecule has 0 aliphatic heterocycles. The van der Waals surface area contributed by atoms with E-state index in [2.05, 4.69) is 31.6 Å². The Hall–Kier alpha value is -1.22. The molecule has 0 N–H and O–H groups in total. The molecule has 0 unspecified atom stereocenters. The zero-order valence-corrected chi connectivity index (χ0v) is 10.7. The van der Waals surface area contributed by atoms with Gasteiger partial charge in [0.2, 0.25) is 0 Å². The second kappa shape index (κ2) is 6.38. The summed E-state index contributed by atoms with van der Waals surface area (Å²) in [5.41, 5.74) is 0. The van der Waals surface area contributed by atoms with Crippen molar-refractivity contribution in [3.8, 4) is 0 Å². The zero-order chi connectivity index (χ0) is 11.9. The van der Waals surface area contributed by atoms with Gasteiger partial charge in [0.25, 0.3) is 0 Å². The monoisotopic (exact) mass is 227 g/mol. The average Bonchev–Trinajstić information content (AvgIpc) is 2.31. The molecule has 1 nitrogen and oxygen atoms in total. The van der Waals surface area contributed by atoms with E-state index in [1.165, 1.54) is 5.08 Å². The normalized spacial score (nSPS) is 10.5. The van der Waals surface area contributed by atoms with Crippen LogP contribution in [0.4, 0.5) is 0 Å². The molecule has 0 amide bonds. The van der Waals surface area contributed by atoms with Crippen LogP contribution in [-0.2, 0) is 0 Å². The molecule has 0 radical (unpaired) electrons.